The third kappa shape index (κ3) is 2.83. The second-order valence-electron chi connectivity index (χ2n) is 5.18. The maximum absolute atomic E-state index is 13.2. The minimum Gasteiger partial charge on any atom is -0.462 e. The molecule has 2 N–H and O–H groups in total. The van der Waals surface area contributed by atoms with Crippen molar-refractivity contribution >= 4 is 11.5 Å². The molecule has 0 aliphatic heterocycles. The van der Waals surface area contributed by atoms with Crippen molar-refractivity contribution in [2.75, 3.05) is 6.61 Å². The molecule has 0 saturated heterocycles. The lowest BCUT2D eigenvalue weighted by Gasteiger charge is -2.06. The Hall–Kier alpha value is -2.66. The summed E-state index contributed by atoms with van der Waals surface area (Å²) in [5.74, 6) is -0.717. The van der Waals surface area contributed by atoms with Crippen LogP contribution < -0.4 is 5.73 Å². The quantitative estimate of drug-likeness (QED) is 0.751. The van der Waals surface area contributed by atoms with Crippen LogP contribution in [-0.2, 0) is 11.3 Å². The van der Waals surface area contributed by atoms with Gasteiger partial charge in [0.05, 0.1) is 17.7 Å². The van der Waals surface area contributed by atoms with Crippen LogP contribution in [0.4, 0.5) is 4.39 Å². The molecule has 0 radical (unpaired) electrons. The predicted molar refractivity (Wildman–Crippen MR) is 86.6 cm³/mol. The van der Waals surface area contributed by atoms with Gasteiger partial charge in [0.2, 0.25) is 0 Å². The van der Waals surface area contributed by atoms with Gasteiger partial charge in [0, 0.05) is 24.5 Å². The lowest BCUT2D eigenvalue weighted by Crippen LogP contribution is -2.04. The molecule has 0 atom stereocenters. The van der Waals surface area contributed by atoms with Crippen molar-refractivity contribution in [3.63, 3.8) is 0 Å². The third-order valence-electron chi connectivity index (χ3n) is 3.70. The summed E-state index contributed by atoms with van der Waals surface area (Å²) in [6.07, 6.45) is 3.61. The van der Waals surface area contributed by atoms with Gasteiger partial charge in [-0.2, -0.15) is 0 Å². The molecule has 3 rings (SSSR count). The van der Waals surface area contributed by atoms with Gasteiger partial charge >= 0.3 is 5.97 Å². The van der Waals surface area contributed by atoms with Gasteiger partial charge in [-0.3, -0.25) is 0 Å². The zero-order chi connectivity index (χ0) is 16.4. The molecule has 0 unspecified atom stereocenters. The molecule has 0 bridgehead atoms. The van der Waals surface area contributed by atoms with Gasteiger partial charge in [-0.1, -0.05) is 18.2 Å². The highest BCUT2D eigenvalue weighted by Crippen LogP contribution is 2.31. The molecule has 2 heterocycles. The summed E-state index contributed by atoms with van der Waals surface area (Å²) >= 11 is 0. The van der Waals surface area contributed by atoms with Gasteiger partial charge in [-0.15, -0.1) is 0 Å². The van der Waals surface area contributed by atoms with Crippen LogP contribution in [0.3, 0.4) is 0 Å². The van der Waals surface area contributed by atoms with Crippen LogP contribution in [-0.4, -0.2) is 17.0 Å². The molecule has 23 heavy (non-hydrogen) atoms. The Kier molecular flexibility index (Phi) is 4.12. The van der Waals surface area contributed by atoms with E-state index in [1.807, 2.05) is 22.7 Å². The highest BCUT2D eigenvalue weighted by molar-refractivity contribution is 6.02. The number of ether oxygens (including phenoxy) is 1. The number of hydrogen-bond donors (Lipinski definition) is 1. The lowest BCUT2D eigenvalue weighted by atomic mass is 10.0. The lowest BCUT2D eigenvalue weighted by molar-refractivity contribution is 0.0527. The SMILES string of the molecule is CCOC(=O)c1cn2cc(CN)ccc2c1-c1ccc(F)cc1. The van der Waals surface area contributed by atoms with Crippen molar-refractivity contribution in [2.24, 2.45) is 5.73 Å². The molecule has 0 saturated carbocycles. The normalized spacial score (nSPS) is 10.9. The number of nitrogens with zero attached hydrogens (tertiary/aromatic N) is 1. The summed E-state index contributed by atoms with van der Waals surface area (Å²) in [6, 6.07) is 9.89. The van der Waals surface area contributed by atoms with Gasteiger partial charge in [-0.25, -0.2) is 9.18 Å². The summed E-state index contributed by atoms with van der Waals surface area (Å²) in [5, 5.41) is 0. The van der Waals surface area contributed by atoms with Crippen LogP contribution in [0.1, 0.15) is 22.8 Å². The Morgan fingerprint density at radius 3 is 2.57 bits per heavy atom. The predicted octanol–water partition coefficient (Wildman–Crippen LogP) is 3.38. The van der Waals surface area contributed by atoms with E-state index in [1.54, 1.807) is 25.3 Å². The number of hydrogen-bond acceptors (Lipinski definition) is 3. The Morgan fingerprint density at radius 2 is 1.91 bits per heavy atom. The molecule has 0 amide bonds. The molecule has 0 spiro atoms. The topological polar surface area (TPSA) is 56.7 Å². The van der Waals surface area contributed by atoms with Gasteiger partial charge in [0.25, 0.3) is 0 Å². The van der Waals surface area contributed by atoms with Gasteiger partial charge < -0.3 is 14.9 Å². The molecule has 4 nitrogen and oxygen atoms in total. The average molecular weight is 312 g/mol. The summed E-state index contributed by atoms with van der Waals surface area (Å²) < 4.78 is 20.2. The summed E-state index contributed by atoms with van der Waals surface area (Å²) in [7, 11) is 0. The first-order valence-electron chi connectivity index (χ1n) is 7.40. The number of fused-ring (bicyclic) bond motifs is 1. The fraction of sp³-hybridized carbons (Fsp3) is 0.167. The second-order valence-corrected chi connectivity index (χ2v) is 5.18. The molecule has 5 heteroatoms. The first-order chi connectivity index (χ1) is 11.1. The minimum absolute atomic E-state index is 0.294. The van der Waals surface area contributed by atoms with Crippen molar-refractivity contribution < 1.29 is 13.9 Å². The van der Waals surface area contributed by atoms with Gasteiger partial charge in [0.1, 0.15) is 5.82 Å². The highest BCUT2D eigenvalue weighted by Gasteiger charge is 2.19. The van der Waals surface area contributed by atoms with E-state index in [0.717, 1.165) is 22.2 Å². The number of carbonyl (C=O) groups is 1. The van der Waals surface area contributed by atoms with Crippen molar-refractivity contribution in [1.82, 2.24) is 4.40 Å². The van der Waals surface area contributed by atoms with E-state index in [0.29, 0.717) is 18.7 Å². The first kappa shape index (κ1) is 15.2. The summed E-state index contributed by atoms with van der Waals surface area (Å²) in [6.45, 7) is 2.47. The number of halogens is 1. The molecule has 118 valence electrons. The number of esters is 1. The molecular weight excluding hydrogens is 295 g/mol. The van der Waals surface area contributed by atoms with Crippen molar-refractivity contribution in [1.29, 1.82) is 0 Å². The van der Waals surface area contributed by atoms with E-state index >= 15 is 0 Å². The Balaban J connectivity index is 2.24. The number of carbonyl (C=O) groups excluding carboxylic acids is 1. The minimum atomic E-state index is -0.398. The first-order valence-corrected chi connectivity index (χ1v) is 7.40. The van der Waals surface area contributed by atoms with Crippen LogP contribution in [0.2, 0.25) is 0 Å². The molecule has 0 aliphatic rings. The summed E-state index contributed by atoms with van der Waals surface area (Å²) in [5.41, 5.74) is 9.41. The number of nitrogens with two attached hydrogens (primary N) is 1. The highest BCUT2D eigenvalue weighted by atomic mass is 19.1. The molecule has 0 fully saturated rings. The number of aromatic nitrogens is 1. The Labute approximate surface area is 133 Å². The Morgan fingerprint density at radius 1 is 1.17 bits per heavy atom. The van der Waals surface area contributed by atoms with Crippen LogP contribution in [0.15, 0.2) is 48.8 Å². The molecule has 2 aromatic heterocycles. The van der Waals surface area contributed by atoms with E-state index in [9.17, 15) is 9.18 Å². The second kappa shape index (κ2) is 6.22. The number of benzene rings is 1. The number of pyridine rings is 1. The van der Waals surface area contributed by atoms with Crippen LogP contribution in [0.25, 0.3) is 16.6 Å². The molecule has 3 aromatic rings. The fourth-order valence-corrected chi connectivity index (χ4v) is 2.63. The molecule has 1 aromatic carbocycles. The largest absolute Gasteiger partial charge is 0.462 e. The smallest absolute Gasteiger partial charge is 0.340 e. The van der Waals surface area contributed by atoms with E-state index < -0.39 is 5.97 Å². The monoisotopic (exact) mass is 312 g/mol. The maximum Gasteiger partial charge on any atom is 0.340 e. The van der Waals surface area contributed by atoms with Gasteiger partial charge in [-0.05, 0) is 36.2 Å². The third-order valence-corrected chi connectivity index (χ3v) is 3.70. The van der Waals surface area contributed by atoms with E-state index in [-0.39, 0.29) is 5.82 Å². The Bertz CT molecular complexity index is 853. The van der Waals surface area contributed by atoms with E-state index in [1.165, 1.54) is 12.1 Å². The van der Waals surface area contributed by atoms with E-state index in [2.05, 4.69) is 0 Å². The molecule has 0 aliphatic carbocycles. The van der Waals surface area contributed by atoms with Crippen molar-refractivity contribution in [3.8, 4) is 11.1 Å². The van der Waals surface area contributed by atoms with Gasteiger partial charge in [0.15, 0.2) is 0 Å². The van der Waals surface area contributed by atoms with Crippen molar-refractivity contribution in [3.05, 3.63) is 65.7 Å². The summed E-state index contributed by atoms with van der Waals surface area (Å²) in [4.78, 5) is 12.3. The van der Waals surface area contributed by atoms with E-state index in [4.69, 9.17) is 10.5 Å². The zero-order valence-corrected chi connectivity index (χ0v) is 12.8. The number of rotatable bonds is 4. The van der Waals surface area contributed by atoms with Crippen LogP contribution in [0, 0.1) is 5.82 Å². The maximum atomic E-state index is 13.2. The zero-order valence-electron chi connectivity index (χ0n) is 12.8. The standard InChI is InChI=1S/C18H17FN2O2/c1-2-23-18(22)15-11-21-10-12(9-20)3-8-16(21)17(15)13-4-6-14(19)7-5-13/h3-8,10-11H,2,9,20H2,1H3. The fourth-order valence-electron chi connectivity index (χ4n) is 2.63. The van der Waals surface area contributed by atoms with Crippen LogP contribution in [0.5, 0.6) is 0 Å². The molecular formula is C18H17FN2O2. The average Bonchev–Trinajstić information content (AvgIpc) is 2.94. The van der Waals surface area contributed by atoms with Crippen LogP contribution >= 0.6 is 0 Å². The van der Waals surface area contributed by atoms with Crippen molar-refractivity contribution in [2.45, 2.75) is 13.5 Å².